The molecule has 5 nitrogen and oxygen atoms in total. The van der Waals surface area contributed by atoms with Crippen LogP contribution < -0.4 is 4.90 Å². The highest BCUT2D eigenvalue weighted by Gasteiger charge is 2.52. The summed E-state index contributed by atoms with van der Waals surface area (Å²) in [6.07, 6.45) is 4.82. The van der Waals surface area contributed by atoms with Gasteiger partial charge >= 0.3 is 5.97 Å². The second-order valence-corrected chi connectivity index (χ2v) is 8.02. The average molecular weight is 375 g/mol. The van der Waals surface area contributed by atoms with Crippen molar-refractivity contribution in [2.24, 2.45) is 23.7 Å². The molecule has 0 unspecified atom stereocenters. The van der Waals surface area contributed by atoms with E-state index in [4.69, 9.17) is 11.6 Å². The molecule has 26 heavy (non-hydrogen) atoms. The molecular weight excluding hydrogens is 352 g/mol. The number of allylic oxidation sites excluding steroid dienone is 2. The van der Waals surface area contributed by atoms with E-state index < -0.39 is 17.8 Å². The SMILES string of the molecule is Cc1ccc(Cl)cc1N1CCN(C(=O)[C@@H]2[C@@H](C(=O)O)[C@H]3C=C[C@H]2C3)CC1. The van der Waals surface area contributed by atoms with Crippen molar-refractivity contribution in [1.29, 1.82) is 0 Å². The minimum absolute atomic E-state index is 0.0108. The number of halogens is 1. The van der Waals surface area contributed by atoms with Gasteiger partial charge in [0, 0.05) is 36.9 Å². The number of nitrogens with zero attached hydrogens (tertiary/aromatic N) is 2. The number of piperazine rings is 1. The zero-order chi connectivity index (χ0) is 18.4. The van der Waals surface area contributed by atoms with Crippen molar-refractivity contribution in [1.82, 2.24) is 4.90 Å². The fraction of sp³-hybridized carbons (Fsp3) is 0.500. The summed E-state index contributed by atoms with van der Waals surface area (Å²) in [5.41, 5.74) is 2.27. The molecule has 4 atom stereocenters. The van der Waals surface area contributed by atoms with Crippen LogP contribution in [0.25, 0.3) is 0 Å². The summed E-state index contributed by atoms with van der Waals surface area (Å²) in [4.78, 5) is 28.8. The summed E-state index contributed by atoms with van der Waals surface area (Å²) < 4.78 is 0. The van der Waals surface area contributed by atoms with E-state index in [2.05, 4.69) is 11.8 Å². The molecule has 1 aromatic rings. The van der Waals surface area contributed by atoms with E-state index in [0.717, 1.165) is 25.2 Å². The lowest BCUT2D eigenvalue weighted by Gasteiger charge is -2.39. The van der Waals surface area contributed by atoms with Crippen molar-refractivity contribution in [3.8, 4) is 0 Å². The lowest BCUT2D eigenvalue weighted by atomic mass is 9.82. The molecule has 0 spiro atoms. The van der Waals surface area contributed by atoms with Crippen LogP contribution in [0.1, 0.15) is 12.0 Å². The lowest BCUT2D eigenvalue weighted by molar-refractivity contribution is -0.151. The average Bonchev–Trinajstić information content (AvgIpc) is 3.24. The first-order chi connectivity index (χ1) is 12.5. The van der Waals surface area contributed by atoms with Crippen LogP contribution in [0.4, 0.5) is 5.69 Å². The number of hydrogen-bond acceptors (Lipinski definition) is 3. The fourth-order valence-electron chi connectivity index (χ4n) is 4.80. The smallest absolute Gasteiger partial charge is 0.307 e. The van der Waals surface area contributed by atoms with E-state index in [1.54, 1.807) is 0 Å². The van der Waals surface area contributed by atoms with Crippen molar-refractivity contribution >= 4 is 29.2 Å². The summed E-state index contributed by atoms with van der Waals surface area (Å²) in [5, 5.41) is 10.3. The van der Waals surface area contributed by atoms with E-state index in [1.165, 1.54) is 5.56 Å². The van der Waals surface area contributed by atoms with Crippen molar-refractivity contribution in [3.63, 3.8) is 0 Å². The van der Waals surface area contributed by atoms with Crippen LogP contribution in [-0.4, -0.2) is 48.1 Å². The minimum Gasteiger partial charge on any atom is -0.481 e. The number of benzene rings is 1. The Morgan fingerprint density at radius 3 is 2.38 bits per heavy atom. The maximum absolute atomic E-state index is 13.1. The highest BCUT2D eigenvalue weighted by Crippen LogP contribution is 2.48. The van der Waals surface area contributed by atoms with Gasteiger partial charge < -0.3 is 14.9 Å². The molecule has 2 fully saturated rings. The highest BCUT2D eigenvalue weighted by molar-refractivity contribution is 6.30. The predicted octanol–water partition coefficient (Wildman–Crippen LogP) is 2.82. The lowest BCUT2D eigenvalue weighted by Crippen LogP contribution is -2.52. The van der Waals surface area contributed by atoms with Gasteiger partial charge in [0.2, 0.25) is 5.91 Å². The second kappa shape index (κ2) is 6.62. The molecule has 0 aromatic heterocycles. The third-order valence-electron chi connectivity index (χ3n) is 6.13. The van der Waals surface area contributed by atoms with Crippen LogP contribution in [0.15, 0.2) is 30.4 Å². The van der Waals surface area contributed by atoms with Gasteiger partial charge in [-0.05, 0) is 42.9 Å². The molecule has 3 aliphatic rings. The Morgan fingerprint density at radius 2 is 1.73 bits per heavy atom. The molecular formula is C20H23ClN2O3. The number of amides is 1. The van der Waals surface area contributed by atoms with E-state index in [0.29, 0.717) is 18.1 Å². The molecule has 2 bridgehead atoms. The number of fused-ring (bicyclic) bond motifs is 2. The standard InChI is InChI=1S/C20H23ClN2O3/c1-12-2-5-15(21)11-16(12)22-6-8-23(9-7-22)19(24)17-13-3-4-14(10-13)18(17)20(25)26/h2-5,11,13-14,17-18H,6-10H2,1H3,(H,25,26)/t13-,14-,17-,18-/m0/s1. The Balaban J connectivity index is 1.45. The Bertz CT molecular complexity index is 770. The summed E-state index contributed by atoms with van der Waals surface area (Å²) in [6, 6.07) is 5.86. The van der Waals surface area contributed by atoms with Gasteiger partial charge in [0.25, 0.3) is 0 Å². The molecule has 4 rings (SSSR count). The fourth-order valence-corrected chi connectivity index (χ4v) is 4.96. The number of aryl methyl sites for hydroxylation is 1. The molecule has 1 N–H and O–H groups in total. The van der Waals surface area contributed by atoms with Gasteiger partial charge in [-0.2, -0.15) is 0 Å². The largest absolute Gasteiger partial charge is 0.481 e. The predicted molar refractivity (Wildman–Crippen MR) is 100 cm³/mol. The van der Waals surface area contributed by atoms with Crippen LogP contribution in [0.3, 0.4) is 0 Å². The first-order valence-electron chi connectivity index (χ1n) is 9.16. The van der Waals surface area contributed by atoms with Crippen LogP contribution in [0.5, 0.6) is 0 Å². The van der Waals surface area contributed by atoms with Crippen LogP contribution in [-0.2, 0) is 9.59 Å². The third kappa shape index (κ3) is 2.88. The minimum atomic E-state index is -0.839. The van der Waals surface area contributed by atoms with Crippen LogP contribution in [0, 0.1) is 30.6 Å². The number of carbonyl (C=O) groups is 2. The Labute approximate surface area is 158 Å². The molecule has 2 aliphatic carbocycles. The summed E-state index contributed by atoms with van der Waals surface area (Å²) in [7, 11) is 0. The first-order valence-corrected chi connectivity index (χ1v) is 9.54. The van der Waals surface area contributed by atoms with Crippen molar-refractivity contribution in [3.05, 3.63) is 40.9 Å². The van der Waals surface area contributed by atoms with Gasteiger partial charge in [0.1, 0.15) is 0 Å². The van der Waals surface area contributed by atoms with Crippen LogP contribution >= 0.6 is 11.6 Å². The molecule has 1 aliphatic heterocycles. The van der Waals surface area contributed by atoms with Gasteiger partial charge in [-0.3, -0.25) is 9.59 Å². The molecule has 0 radical (unpaired) electrons. The zero-order valence-corrected chi connectivity index (χ0v) is 15.5. The number of hydrogen-bond donors (Lipinski definition) is 1. The third-order valence-corrected chi connectivity index (χ3v) is 6.37. The second-order valence-electron chi connectivity index (χ2n) is 7.58. The Morgan fingerprint density at radius 1 is 1.08 bits per heavy atom. The van der Waals surface area contributed by atoms with E-state index in [1.807, 2.05) is 35.3 Å². The van der Waals surface area contributed by atoms with Gasteiger partial charge in [0.15, 0.2) is 0 Å². The molecule has 1 aromatic carbocycles. The molecule has 6 heteroatoms. The monoisotopic (exact) mass is 374 g/mol. The summed E-state index contributed by atoms with van der Waals surface area (Å²) >= 11 is 6.13. The van der Waals surface area contributed by atoms with Gasteiger partial charge in [0.05, 0.1) is 11.8 Å². The number of anilines is 1. The normalized spacial score (nSPS) is 30.1. The maximum atomic E-state index is 13.1. The molecule has 1 heterocycles. The summed E-state index contributed by atoms with van der Waals surface area (Å²) in [5.74, 6) is -1.69. The number of carbonyl (C=O) groups excluding carboxylic acids is 1. The van der Waals surface area contributed by atoms with Crippen molar-refractivity contribution < 1.29 is 14.7 Å². The first kappa shape index (κ1) is 17.4. The van der Waals surface area contributed by atoms with Crippen LogP contribution in [0.2, 0.25) is 5.02 Å². The van der Waals surface area contributed by atoms with E-state index >= 15 is 0 Å². The topological polar surface area (TPSA) is 60.9 Å². The number of aliphatic carboxylic acids is 1. The van der Waals surface area contributed by atoms with Crippen molar-refractivity contribution in [2.75, 3.05) is 31.1 Å². The highest BCUT2D eigenvalue weighted by atomic mass is 35.5. The Hall–Kier alpha value is -2.01. The number of carboxylic acid groups (broad SMARTS) is 1. The van der Waals surface area contributed by atoms with Gasteiger partial charge in [-0.1, -0.05) is 29.8 Å². The molecule has 1 amide bonds. The zero-order valence-electron chi connectivity index (χ0n) is 14.8. The van der Waals surface area contributed by atoms with Gasteiger partial charge in [-0.25, -0.2) is 0 Å². The molecule has 1 saturated carbocycles. The Kier molecular flexibility index (Phi) is 4.43. The number of carboxylic acids is 1. The molecule has 138 valence electrons. The van der Waals surface area contributed by atoms with E-state index in [9.17, 15) is 14.7 Å². The van der Waals surface area contributed by atoms with E-state index in [-0.39, 0.29) is 17.7 Å². The number of rotatable bonds is 3. The quantitative estimate of drug-likeness (QED) is 0.826. The molecule has 1 saturated heterocycles. The van der Waals surface area contributed by atoms with Crippen molar-refractivity contribution in [2.45, 2.75) is 13.3 Å². The van der Waals surface area contributed by atoms with Gasteiger partial charge in [-0.15, -0.1) is 0 Å². The summed E-state index contributed by atoms with van der Waals surface area (Å²) in [6.45, 7) is 4.77. The maximum Gasteiger partial charge on any atom is 0.307 e.